The van der Waals surface area contributed by atoms with Crippen LogP contribution in [0.15, 0.2) is 36.7 Å². The lowest BCUT2D eigenvalue weighted by atomic mass is 9.93. The second-order valence-electron chi connectivity index (χ2n) is 8.21. The van der Waals surface area contributed by atoms with Gasteiger partial charge in [-0.1, -0.05) is 18.2 Å². The first-order chi connectivity index (χ1) is 15.1. The number of rotatable bonds is 6. The third-order valence-electron chi connectivity index (χ3n) is 6.15. The second-order valence-corrected chi connectivity index (χ2v) is 9.27. The number of aromatic nitrogens is 5. The van der Waals surface area contributed by atoms with Crippen molar-refractivity contribution in [3.8, 4) is 22.1 Å². The van der Waals surface area contributed by atoms with Crippen LogP contribution in [0.3, 0.4) is 0 Å². The van der Waals surface area contributed by atoms with Gasteiger partial charge in [0.1, 0.15) is 0 Å². The largest absolute Gasteiger partial charge is 0.394 e. The summed E-state index contributed by atoms with van der Waals surface area (Å²) >= 11 is 1.78. The highest BCUT2D eigenvalue weighted by Crippen LogP contribution is 2.38. The van der Waals surface area contributed by atoms with Gasteiger partial charge in [-0.05, 0) is 49.6 Å². The van der Waals surface area contributed by atoms with Gasteiger partial charge in [0.05, 0.1) is 35.8 Å². The molecular weight excluding hydrogens is 410 g/mol. The molecule has 1 atom stereocenters. The zero-order valence-corrected chi connectivity index (χ0v) is 18.7. The molecule has 1 aliphatic rings. The van der Waals surface area contributed by atoms with Crippen molar-refractivity contribution in [1.82, 2.24) is 24.5 Å². The Morgan fingerprint density at radius 3 is 2.90 bits per heavy atom. The number of aliphatic hydroxyl groups excluding tert-OH is 1. The molecule has 0 radical (unpaired) electrons. The monoisotopic (exact) mass is 437 g/mol. The van der Waals surface area contributed by atoms with Gasteiger partial charge in [-0.2, -0.15) is 10.2 Å². The van der Waals surface area contributed by atoms with Gasteiger partial charge in [0.15, 0.2) is 11.6 Å². The molecule has 0 bridgehead atoms. The molecule has 7 nitrogen and oxygen atoms in total. The molecule has 31 heavy (non-hydrogen) atoms. The molecule has 1 saturated heterocycles. The highest BCUT2D eigenvalue weighted by molar-refractivity contribution is 7.22. The topological polar surface area (TPSA) is 78.0 Å². The van der Waals surface area contributed by atoms with Crippen molar-refractivity contribution in [2.24, 2.45) is 5.92 Å². The van der Waals surface area contributed by atoms with Crippen LogP contribution in [0.2, 0.25) is 0 Å². The molecule has 1 fully saturated rings. The van der Waals surface area contributed by atoms with E-state index in [1.165, 1.54) is 15.6 Å². The number of aliphatic hydroxyl groups is 1. The average Bonchev–Trinajstić information content (AvgIpc) is 3.52. The Kier molecular flexibility index (Phi) is 5.60. The first-order valence-corrected chi connectivity index (χ1v) is 11.6. The third-order valence-corrected chi connectivity index (χ3v) is 7.43. The molecule has 162 valence electrons. The first kappa shape index (κ1) is 20.4. The summed E-state index contributed by atoms with van der Waals surface area (Å²) in [6, 6.07) is 8.86. The SMILES string of the molecule is Cc1cccc2cc(-c3nc(-c4cnn(CCO)c4)nn3C(C)C3CCOCC3)sc12. The van der Waals surface area contributed by atoms with E-state index in [1.807, 2.05) is 6.20 Å². The minimum absolute atomic E-state index is 0.0517. The highest BCUT2D eigenvalue weighted by Gasteiger charge is 2.27. The molecule has 8 heteroatoms. The maximum Gasteiger partial charge on any atom is 0.184 e. The maximum atomic E-state index is 9.20. The van der Waals surface area contributed by atoms with Crippen LogP contribution in [0.5, 0.6) is 0 Å². The summed E-state index contributed by atoms with van der Waals surface area (Å²) < 4.78 is 10.7. The highest BCUT2D eigenvalue weighted by atomic mass is 32.1. The standard InChI is InChI=1S/C23H27N5O2S/c1-15-4-3-5-18-12-20(31-21(15)18)23-25-22(19-13-24-27(14-19)8-9-29)26-28(23)16(2)17-6-10-30-11-7-17/h3-5,12-14,16-17,29H,6-11H2,1-2H3. The molecule has 1 unspecified atom stereocenters. The predicted octanol–water partition coefficient (Wildman–Crippen LogP) is 4.31. The number of hydrogen-bond acceptors (Lipinski definition) is 6. The van der Waals surface area contributed by atoms with Gasteiger partial charge >= 0.3 is 0 Å². The summed E-state index contributed by atoms with van der Waals surface area (Å²) in [4.78, 5) is 6.11. The van der Waals surface area contributed by atoms with E-state index in [4.69, 9.17) is 14.8 Å². The lowest BCUT2D eigenvalue weighted by molar-refractivity contribution is 0.0498. The fourth-order valence-electron chi connectivity index (χ4n) is 4.32. The lowest BCUT2D eigenvalue weighted by Crippen LogP contribution is -2.25. The number of thiophene rings is 1. The number of benzene rings is 1. The van der Waals surface area contributed by atoms with Crippen molar-refractivity contribution in [1.29, 1.82) is 0 Å². The Bertz CT molecular complexity index is 1190. The third kappa shape index (κ3) is 3.91. The average molecular weight is 438 g/mol. The number of fused-ring (bicyclic) bond motifs is 1. The van der Waals surface area contributed by atoms with E-state index < -0.39 is 0 Å². The minimum atomic E-state index is 0.0517. The smallest absolute Gasteiger partial charge is 0.184 e. The fourth-order valence-corrected chi connectivity index (χ4v) is 5.43. The van der Waals surface area contributed by atoms with Crippen LogP contribution in [-0.4, -0.2) is 49.5 Å². The summed E-state index contributed by atoms with van der Waals surface area (Å²) in [5, 5.41) is 19.7. The van der Waals surface area contributed by atoms with E-state index in [2.05, 4.69) is 47.9 Å². The van der Waals surface area contributed by atoms with E-state index in [9.17, 15) is 5.11 Å². The Labute approximate surface area is 185 Å². The van der Waals surface area contributed by atoms with Gasteiger partial charge in [-0.25, -0.2) is 9.67 Å². The summed E-state index contributed by atoms with van der Waals surface area (Å²) in [7, 11) is 0. The summed E-state index contributed by atoms with van der Waals surface area (Å²) in [5.41, 5.74) is 2.15. The van der Waals surface area contributed by atoms with Gasteiger partial charge in [0, 0.05) is 24.1 Å². The lowest BCUT2D eigenvalue weighted by Gasteiger charge is -2.28. The zero-order valence-electron chi connectivity index (χ0n) is 17.9. The molecule has 0 amide bonds. The molecule has 4 heterocycles. The molecule has 3 aromatic heterocycles. The molecule has 0 saturated carbocycles. The molecule has 1 aromatic carbocycles. The van der Waals surface area contributed by atoms with Crippen LogP contribution < -0.4 is 0 Å². The minimum Gasteiger partial charge on any atom is -0.394 e. The van der Waals surface area contributed by atoms with E-state index in [1.54, 1.807) is 22.2 Å². The normalized spacial score (nSPS) is 16.2. The molecule has 1 N–H and O–H groups in total. The summed E-state index contributed by atoms with van der Waals surface area (Å²) in [6.07, 6.45) is 5.74. The number of nitrogens with zero attached hydrogens (tertiary/aromatic N) is 5. The van der Waals surface area contributed by atoms with Gasteiger partial charge in [-0.15, -0.1) is 11.3 Å². The maximum absolute atomic E-state index is 9.20. The Morgan fingerprint density at radius 1 is 1.29 bits per heavy atom. The van der Waals surface area contributed by atoms with E-state index in [-0.39, 0.29) is 12.6 Å². The van der Waals surface area contributed by atoms with Gasteiger partial charge in [0.2, 0.25) is 0 Å². The molecular formula is C23H27N5O2S. The van der Waals surface area contributed by atoms with Crippen LogP contribution in [0.25, 0.3) is 32.2 Å². The number of aryl methyl sites for hydroxylation is 1. The van der Waals surface area contributed by atoms with E-state index in [0.29, 0.717) is 18.3 Å². The quantitative estimate of drug-likeness (QED) is 0.486. The zero-order chi connectivity index (χ0) is 21.4. The Hall–Kier alpha value is -2.55. The summed E-state index contributed by atoms with van der Waals surface area (Å²) in [6.45, 7) is 6.52. The molecule has 1 aliphatic heterocycles. The Morgan fingerprint density at radius 2 is 2.13 bits per heavy atom. The van der Waals surface area contributed by atoms with Crippen LogP contribution in [-0.2, 0) is 11.3 Å². The van der Waals surface area contributed by atoms with Crippen molar-refractivity contribution in [3.63, 3.8) is 0 Å². The Balaban J connectivity index is 1.59. The summed E-state index contributed by atoms with van der Waals surface area (Å²) in [5.74, 6) is 2.09. The van der Waals surface area contributed by atoms with Crippen LogP contribution in [0, 0.1) is 12.8 Å². The van der Waals surface area contributed by atoms with E-state index in [0.717, 1.165) is 42.3 Å². The predicted molar refractivity (Wildman–Crippen MR) is 122 cm³/mol. The van der Waals surface area contributed by atoms with Crippen molar-refractivity contribution in [2.75, 3.05) is 19.8 Å². The van der Waals surface area contributed by atoms with Crippen LogP contribution in [0.1, 0.15) is 31.4 Å². The van der Waals surface area contributed by atoms with Crippen molar-refractivity contribution in [2.45, 2.75) is 39.3 Å². The fraction of sp³-hybridized carbons (Fsp3) is 0.435. The molecule has 0 aliphatic carbocycles. The van der Waals surface area contributed by atoms with Crippen LogP contribution in [0.4, 0.5) is 0 Å². The van der Waals surface area contributed by atoms with Gasteiger partial charge < -0.3 is 9.84 Å². The van der Waals surface area contributed by atoms with Crippen LogP contribution >= 0.6 is 11.3 Å². The van der Waals surface area contributed by atoms with E-state index >= 15 is 0 Å². The van der Waals surface area contributed by atoms with Crippen molar-refractivity contribution < 1.29 is 9.84 Å². The van der Waals surface area contributed by atoms with Gasteiger partial charge in [0.25, 0.3) is 0 Å². The molecule has 4 aromatic rings. The van der Waals surface area contributed by atoms with Crippen molar-refractivity contribution in [3.05, 3.63) is 42.2 Å². The van der Waals surface area contributed by atoms with Crippen molar-refractivity contribution >= 4 is 21.4 Å². The first-order valence-electron chi connectivity index (χ1n) is 10.8. The second kappa shape index (κ2) is 8.53. The van der Waals surface area contributed by atoms with Gasteiger partial charge in [-0.3, -0.25) is 4.68 Å². The number of ether oxygens (including phenoxy) is 1. The number of hydrogen-bond donors (Lipinski definition) is 1. The molecule has 5 rings (SSSR count). The molecule has 0 spiro atoms.